The Balaban J connectivity index is 2.15. The van der Waals surface area contributed by atoms with Crippen molar-refractivity contribution in [1.82, 2.24) is 0 Å². The van der Waals surface area contributed by atoms with Crippen molar-refractivity contribution in [3.63, 3.8) is 0 Å². The molecular formula is C18H22O5. The van der Waals surface area contributed by atoms with E-state index in [-0.39, 0.29) is 0 Å². The van der Waals surface area contributed by atoms with Crippen LogP contribution in [-0.2, 0) is 6.61 Å². The van der Waals surface area contributed by atoms with Crippen LogP contribution in [-0.4, -0.2) is 34.6 Å². The Morgan fingerprint density at radius 2 is 1.70 bits per heavy atom. The van der Waals surface area contributed by atoms with Gasteiger partial charge in [-0.2, -0.15) is 0 Å². The van der Waals surface area contributed by atoms with Crippen LogP contribution in [0.15, 0.2) is 48.5 Å². The van der Waals surface area contributed by atoms with Crippen molar-refractivity contribution in [2.24, 2.45) is 0 Å². The molecule has 0 fully saturated rings. The molecule has 2 atom stereocenters. The molecule has 2 unspecified atom stereocenters. The predicted molar refractivity (Wildman–Crippen MR) is 86.4 cm³/mol. The fourth-order valence-electron chi connectivity index (χ4n) is 2.15. The minimum atomic E-state index is -1.24. The molecule has 0 saturated carbocycles. The Morgan fingerprint density at radius 1 is 0.957 bits per heavy atom. The van der Waals surface area contributed by atoms with Crippen molar-refractivity contribution in [1.29, 1.82) is 0 Å². The van der Waals surface area contributed by atoms with Crippen LogP contribution in [0.3, 0.4) is 0 Å². The summed E-state index contributed by atoms with van der Waals surface area (Å²) in [7, 11) is 0. The number of ether oxygens (including phenoxy) is 2. The SMILES string of the molecule is CCOc1cc(C(O)C(O)CO)ccc1OCc1ccccc1. The van der Waals surface area contributed by atoms with Crippen LogP contribution in [0.4, 0.5) is 0 Å². The van der Waals surface area contributed by atoms with E-state index in [4.69, 9.17) is 14.6 Å². The second kappa shape index (κ2) is 8.53. The third-order valence-corrected chi connectivity index (χ3v) is 3.40. The first kappa shape index (κ1) is 17.3. The molecule has 0 bridgehead atoms. The molecule has 0 heterocycles. The molecule has 3 N–H and O–H groups in total. The van der Waals surface area contributed by atoms with Gasteiger partial charge in [-0.25, -0.2) is 0 Å². The maximum absolute atomic E-state index is 9.97. The number of benzene rings is 2. The smallest absolute Gasteiger partial charge is 0.161 e. The van der Waals surface area contributed by atoms with Crippen molar-refractivity contribution in [2.45, 2.75) is 25.7 Å². The first-order chi connectivity index (χ1) is 11.2. The standard InChI is InChI=1S/C18H22O5/c1-2-22-17-10-14(18(21)15(20)11-19)8-9-16(17)23-12-13-6-4-3-5-7-13/h3-10,15,18-21H,2,11-12H2,1H3. The first-order valence-corrected chi connectivity index (χ1v) is 7.56. The van der Waals surface area contributed by atoms with E-state index in [1.54, 1.807) is 18.2 Å². The Labute approximate surface area is 135 Å². The average molecular weight is 318 g/mol. The van der Waals surface area contributed by atoms with Gasteiger partial charge < -0.3 is 24.8 Å². The molecule has 0 aliphatic carbocycles. The molecule has 0 aliphatic rings. The molecule has 2 aromatic rings. The van der Waals surface area contributed by atoms with Crippen LogP contribution >= 0.6 is 0 Å². The van der Waals surface area contributed by atoms with Gasteiger partial charge in [0.05, 0.1) is 13.2 Å². The van der Waals surface area contributed by atoms with Gasteiger partial charge in [0, 0.05) is 0 Å². The average Bonchev–Trinajstić information content (AvgIpc) is 2.60. The van der Waals surface area contributed by atoms with Crippen LogP contribution in [0.5, 0.6) is 11.5 Å². The molecule has 2 rings (SSSR count). The van der Waals surface area contributed by atoms with E-state index >= 15 is 0 Å². The van der Waals surface area contributed by atoms with Gasteiger partial charge in [-0.3, -0.25) is 0 Å². The van der Waals surface area contributed by atoms with Gasteiger partial charge in [0.15, 0.2) is 11.5 Å². The lowest BCUT2D eigenvalue weighted by atomic mass is 10.0. The molecule has 0 spiro atoms. The summed E-state index contributed by atoms with van der Waals surface area (Å²) < 4.78 is 11.3. The van der Waals surface area contributed by atoms with Crippen molar-refractivity contribution >= 4 is 0 Å². The molecule has 5 nitrogen and oxygen atoms in total. The number of hydrogen-bond donors (Lipinski definition) is 3. The van der Waals surface area contributed by atoms with Crippen LogP contribution in [0.2, 0.25) is 0 Å². The lowest BCUT2D eigenvalue weighted by molar-refractivity contribution is -0.0153. The Bertz CT molecular complexity index is 600. The highest BCUT2D eigenvalue weighted by molar-refractivity contribution is 5.44. The fourth-order valence-corrected chi connectivity index (χ4v) is 2.15. The molecule has 0 aliphatic heterocycles. The third kappa shape index (κ3) is 4.69. The number of hydrogen-bond acceptors (Lipinski definition) is 5. The second-order valence-corrected chi connectivity index (χ2v) is 5.11. The largest absolute Gasteiger partial charge is 0.490 e. The number of aliphatic hydroxyl groups excluding tert-OH is 3. The zero-order valence-corrected chi connectivity index (χ0v) is 13.1. The van der Waals surface area contributed by atoms with E-state index in [1.807, 2.05) is 37.3 Å². The Morgan fingerprint density at radius 3 is 2.35 bits per heavy atom. The van der Waals surface area contributed by atoms with Gasteiger partial charge in [-0.05, 0) is 30.2 Å². The summed E-state index contributed by atoms with van der Waals surface area (Å²) in [5.74, 6) is 1.05. The van der Waals surface area contributed by atoms with E-state index in [9.17, 15) is 10.2 Å². The van der Waals surface area contributed by atoms with Gasteiger partial charge in [-0.15, -0.1) is 0 Å². The zero-order valence-electron chi connectivity index (χ0n) is 13.1. The summed E-state index contributed by atoms with van der Waals surface area (Å²) in [6.07, 6.45) is -2.41. The van der Waals surface area contributed by atoms with Gasteiger partial charge >= 0.3 is 0 Å². The fraction of sp³-hybridized carbons (Fsp3) is 0.333. The lowest BCUT2D eigenvalue weighted by Gasteiger charge is -2.18. The van der Waals surface area contributed by atoms with Gasteiger partial charge in [0.25, 0.3) is 0 Å². The third-order valence-electron chi connectivity index (χ3n) is 3.40. The minimum Gasteiger partial charge on any atom is -0.490 e. The van der Waals surface area contributed by atoms with Crippen molar-refractivity contribution in [3.05, 3.63) is 59.7 Å². The van der Waals surface area contributed by atoms with Gasteiger partial charge in [-0.1, -0.05) is 36.4 Å². The summed E-state index contributed by atoms with van der Waals surface area (Å²) in [5.41, 5.74) is 1.50. The van der Waals surface area contributed by atoms with E-state index < -0.39 is 18.8 Å². The Kier molecular flexibility index (Phi) is 6.40. The maximum atomic E-state index is 9.97. The first-order valence-electron chi connectivity index (χ1n) is 7.56. The van der Waals surface area contributed by atoms with Gasteiger partial charge in [0.2, 0.25) is 0 Å². The van der Waals surface area contributed by atoms with Crippen molar-refractivity contribution in [3.8, 4) is 11.5 Å². The highest BCUT2D eigenvalue weighted by Crippen LogP contribution is 2.32. The van der Waals surface area contributed by atoms with E-state index in [1.165, 1.54) is 0 Å². The quantitative estimate of drug-likeness (QED) is 0.694. The molecule has 5 heteroatoms. The molecule has 124 valence electrons. The van der Waals surface area contributed by atoms with Crippen molar-refractivity contribution in [2.75, 3.05) is 13.2 Å². The van der Waals surface area contributed by atoms with Crippen LogP contribution in [0.25, 0.3) is 0 Å². The summed E-state index contributed by atoms with van der Waals surface area (Å²) in [5, 5.41) is 28.5. The zero-order chi connectivity index (χ0) is 16.7. The molecular weight excluding hydrogens is 296 g/mol. The summed E-state index contributed by atoms with van der Waals surface area (Å²) in [6.45, 7) is 2.19. The molecule has 0 amide bonds. The van der Waals surface area contributed by atoms with E-state index in [2.05, 4.69) is 0 Å². The highest BCUT2D eigenvalue weighted by atomic mass is 16.5. The number of rotatable bonds is 8. The minimum absolute atomic E-state index is 0.405. The van der Waals surface area contributed by atoms with Crippen LogP contribution in [0.1, 0.15) is 24.2 Å². The van der Waals surface area contributed by atoms with E-state index in [0.29, 0.717) is 30.3 Å². The molecule has 0 saturated heterocycles. The molecule has 2 aromatic carbocycles. The maximum Gasteiger partial charge on any atom is 0.161 e. The molecule has 0 aromatic heterocycles. The van der Waals surface area contributed by atoms with Crippen molar-refractivity contribution < 1.29 is 24.8 Å². The topological polar surface area (TPSA) is 79.2 Å². The van der Waals surface area contributed by atoms with E-state index in [0.717, 1.165) is 5.56 Å². The monoisotopic (exact) mass is 318 g/mol. The Hall–Kier alpha value is -2.08. The second-order valence-electron chi connectivity index (χ2n) is 5.11. The predicted octanol–water partition coefficient (Wildman–Crippen LogP) is 2.05. The molecule has 0 radical (unpaired) electrons. The van der Waals surface area contributed by atoms with Gasteiger partial charge in [0.1, 0.15) is 18.8 Å². The normalized spacial score (nSPS) is 13.4. The highest BCUT2D eigenvalue weighted by Gasteiger charge is 2.19. The number of aliphatic hydroxyl groups is 3. The van der Waals surface area contributed by atoms with Crippen LogP contribution < -0.4 is 9.47 Å². The van der Waals surface area contributed by atoms with Crippen LogP contribution in [0, 0.1) is 0 Å². The summed E-state index contributed by atoms with van der Waals surface area (Å²) in [4.78, 5) is 0. The lowest BCUT2D eigenvalue weighted by Crippen LogP contribution is -2.22. The summed E-state index contributed by atoms with van der Waals surface area (Å²) in [6, 6.07) is 14.7. The summed E-state index contributed by atoms with van der Waals surface area (Å²) >= 11 is 0. The molecule has 23 heavy (non-hydrogen) atoms.